The number of nitrogens with zero attached hydrogens (tertiary/aromatic N) is 1. The molecule has 3 heteroatoms. The van der Waals surface area contributed by atoms with Crippen LogP contribution in [0.15, 0.2) is 18.2 Å². The molecule has 0 unspecified atom stereocenters. The zero-order chi connectivity index (χ0) is 10.1. The third-order valence-corrected chi connectivity index (χ3v) is 3.38. The summed E-state index contributed by atoms with van der Waals surface area (Å²) in [5.41, 5.74) is 1.71. The highest BCUT2D eigenvalue weighted by Crippen LogP contribution is 2.27. The Morgan fingerprint density at radius 3 is 2.86 bits per heavy atom. The first-order valence-corrected chi connectivity index (χ1v) is 5.38. The molecule has 2 aromatic rings. The van der Waals surface area contributed by atoms with Crippen LogP contribution in [0.2, 0.25) is 0 Å². The molecule has 0 saturated heterocycles. The summed E-state index contributed by atoms with van der Waals surface area (Å²) < 4.78 is 1.10. The van der Waals surface area contributed by atoms with E-state index in [0.717, 1.165) is 27.1 Å². The fourth-order valence-electron chi connectivity index (χ4n) is 1.28. The van der Waals surface area contributed by atoms with Crippen LogP contribution in [0.4, 0.5) is 0 Å². The monoisotopic (exact) mass is 205 g/mol. The number of hydrogen-bond acceptors (Lipinski definition) is 3. The maximum atomic E-state index is 10.6. The third-order valence-electron chi connectivity index (χ3n) is 2.06. The van der Waals surface area contributed by atoms with Gasteiger partial charge in [0.15, 0.2) is 0 Å². The van der Waals surface area contributed by atoms with Crippen molar-refractivity contribution >= 4 is 27.8 Å². The molecular weight excluding hydrogens is 194 g/mol. The van der Waals surface area contributed by atoms with Gasteiger partial charge in [-0.15, -0.1) is 11.3 Å². The van der Waals surface area contributed by atoms with Gasteiger partial charge in [-0.05, 0) is 18.2 Å². The van der Waals surface area contributed by atoms with E-state index in [1.54, 1.807) is 17.4 Å². The summed E-state index contributed by atoms with van der Waals surface area (Å²) in [5, 5.41) is 1.13. The SMILES string of the molecule is CC(C)c1nc2ccc(C=O)cc2s1. The van der Waals surface area contributed by atoms with E-state index < -0.39 is 0 Å². The Balaban J connectivity index is 2.59. The van der Waals surface area contributed by atoms with Crippen molar-refractivity contribution in [2.75, 3.05) is 0 Å². The molecule has 0 radical (unpaired) electrons. The average molecular weight is 205 g/mol. The quantitative estimate of drug-likeness (QED) is 0.704. The third kappa shape index (κ3) is 1.55. The minimum atomic E-state index is 0.451. The largest absolute Gasteiger partial charge is 0.298 e. The first-order valence-electron chi connectivity index (χ1n) is 4.56. The maximum Gasteiger partial charge on any atom is 0.150 e. The van der Waals surface area contributed by atoms with Crippen LogP contribution in [0.1, 0.15) is 35.1 Å². The maximum absolute atomic E-state index is 10.6. The number of thiazole rings is 1. The molecule has 0 bridgehead atoms. The van der Waals surface area contributed by atoms with Crippen molar-refractivity contribution in [2.24, 2.45) is 0 Å². The summed E-state index contributed by atoms with van der Waals surface area (Å²) in [4.78, 5) is 15.1. The van der Waals surface area contributed by atoms with Gasteiger partial charge in [0, 0.05) is 11.5 Å². The molecule has 72 valence electrons. The fourth-order valence-corrected chi connectivity index (χ4v) is 2.30. The van der Waals surface area contributed by atoms with Crippen LogP contribution in [0.3, 0.4) is 0 Å². The molecule has 0 aliphatic heterocycles. The van der Waals surface area contributed by atoms with E-state index in [2.05, 4.69) is 18.8 Å². The zero-order valence-electron chi connectivity index (χ0n) is 8.15. The van der Waals surface area contributed by atoms with Crippen molar-refractivity contribution in [2.45, 2.75) is 19.8 Å². The van der Waals surface area contributed by atoms with E-state index in [9.17, 15) is 4.79 Å². The highest BCUT2D eigenvalue weighted by atomic mass is 32.1. The minimum absolute atomic E-state index is 0.451. The van der Waals surface area contributed by atoms with Gasteiger partial charge in [-0.2, -0.15) is 0 Å². The van der Waals surface area contributed by atoms with Crippen molar-refractivity contribution in [3.8, 4) is 0 Å². The number of carbonyl (C=O) groups excluding carboxylic acids is 1. The Hall–Kier alpha value is -1.22. The van der Waals surface area contributed by atoms with E-state index in [-0.39, 0.29) is 0 Å². The molecule has 1 aromatic heterocycles. The van der Waals surface area contributed by atoms with Crippen molar-refractivity contribution < 1.29 is 4.79 Å². The van der Waals surface area contributed by atoms with Gasteiger partial charge in [-0.3, -0.25) is 4.79 Å². The molecule has 1 aromatic carbocycles. The van der Waals surface area contributed by atoms with Gasteiger partial charge in [-0.25, -0.2) is 4.98 Å². The second-order valence-electron chi connectivity index (χ2n) is 3.55. The van der Waals surface area contributed by atoms with Crippen molar-refractivity contribution in [3.63, 3.8) is 0 Å². The summed E-state index contributed by atoms with van der Waals surface area (Å²) in [7, 11) is 0. The fraction of sp³-hybridized carbons (Fsp3) is 0.273. The first-order chi connectivity index (χ1) is 6.70. The minimum Gasteiger partial charge on any atom is -0.298 e. The Morgan fingerprint density at radius 1 is 1.43 bits per heavy atom. The van der Waals surface area contributed by atoms with Crippen molar-refractivity contribution in [1.29, 1.82) is 0 Å². The lowest BCUT2D eigenvalue weighted by molar-refractivity contribution is 0.112. The predicted octanol–water partition coefficient (Wildman–Crippen LogP) is 3.23. The molecule has 0 saturated carbocycles. The number of rotatable bonds is 2. The molecular formula is C11H11NOS. The van der Waals surface area contributed by atoms with Gasteiger partial charge < -0.3 is 0 Å². The Labute approximate surface area is 86.6 Å². The van der Waals surface area contributed by atoms with Gasteiger partial charge in [0.1, 0.15) is 6.29 Å². The second-order valence-corrected chi connectivity index (χ2v) is 4.61. The lowest BCUT2D eigenvalue weighted by Crippen LogP contribution is -1.83. The van der Waals surface area contributed by atoms with E-state index in [0.29, 0.717) is 5.92 Å². The molecule has 0 aliphatic rings. The van der Waals surface area contributed by atoms with E-state index >= 15 is 0 Å². The van der Waals surface area contributed by atoms with Crippen LogP contribution in [-0.2, 0) is 0 Å². The number of aldehydes is 1. The molecule has 0 spiro atoms. The van der Waals surface area contributed by atoms with Crippen molar-refractivity contribution in [3.05, 3.63) is 28.8 Å². The second kappa shape index (κ2) is 3.50. The number of fused-ring (bicyclic) bond motifs is 1. The highest BCUT2D eigenvalue weighted by molar-refractivity contribution is 7.18. The number of aromatic nitrogens is 1. The number of carbonyl (C=O) groups is 1. The smallest absolute Gasteiger partial charge is 0.150 e. The number of hydrogen-bond donors (Lipinski definition) is 0. The lowest BCUT2D eigenvalue weighted by atomic mass is 10.2. The summed E-state index contributed by atoms with van der Waals surface area (Å²) in [5.74, 6) is 0.451. The average Bonchev–Trinajstić information content (AvgIpc) is 2.59. The van der Waals surface area contributed by atoms with Gasteiger partial charge in [0.25, 0.3) is 0 Å². The molecule has 0 aliphatic carbocycles. The highest BCUT2D eigenvalue weighted by Gasteiger charge is 2.07. The Kier molecular flexibility index (Phi) is 2.33. The van der Waals surface area contributed by atoms with Gasteiger partial charge in [0.2, 0.25) is 0 Å². The lowest BCUT2D eigenvalue weighted by Gasteiger charge is -1.94. The topological polar surface area (TPSA) is 30.0 Å². The summed E-state index contributed by atoms with van der Waals surface area (Å²) in [6, 6.07) is 5.60. The van der Waals surface area contributed by atoms with E-state index in [1.807, 2.05) is 12.1 Å². The summed E-state index contributed by atoms with van der Waals surface area (Å²) >= 11 is 1.66. The van der Waals surface area contributed by atoms with Crippen molar-refractivity contribution in [1.82, 2.24) is 4.98 Å². The van der Waals surface area contributed by atoms with Crippen LogP contribution < -0.4 is 0 Å². The van der Waals surface area contributed by atoms with E-state index in [1.165, 1.54) is 0 Å². The molecule has 0 N–H and O–H groups in total. The van der Waals surface area contributed by atoms with Crippen LogP contribution in [0.25, 0.3) is 10.2 Å². The van der Waals surface area contributed by atoms with Crippen LogP contribution in [0, 0.1) is 0 Å². The van der Waals surface area contributed by atoms with Gasteiger partial charge >= 0.3 is 0 Å². The van der Waals surface area contributed by atoms with Crippen LogP contribution in [0.5, 0.6) is 0 Å². The predicted molar refractivity (Wildman–Crippen MR) is 59.1 cm³/mol. The molecule has 0 fully saturated rings. The Bertz CT molecular complexity index is 473. The normalized spacial score (nSPS) is 11.1. The van der Waals surface area contributed by atoms with Gasteiger partial charge in [-0.1, -0.05) is 13.8 Å². The molecule has 1 heterocycles. The van der Waals surface area contributed by atoms with Crippen LogP contribution in [-0.4, -0.2) is 11.3 Å². The van der Waals surface area contributed by atoms with E-state index in [4.69, 9.17) is 0 Å². The number of benzene rings is 1. The molecule has 2 nitrogen and oxygen atoms in total. The molecule has 2 rings (SSSR count). The summed E-state index contributed by atoms with van der Waals surface area (Å²) in [6.45, 7) is 4.25. The van der Waals surface area contributed by atoms with Gasteiger partial charge in [0.05, 0.1) is 15.2 Å². The molecule has 0 atom stereocenters. The molecule has 0 amide bonds. The standard InChI is InChI=1S/C11H11NOS/c1-7(2)11-12-9-4-3-8(6-13)5-10(9)14-11/h3-7H,1-2H3. The Morgan fingerprint density at radius 2 is 2.21 bits per heavy atom. The first kappa shape index (κ1) is 9.34. The zero-order valence-corrected chi connectivity index (χ0v) is 8.97. The summed E-state index contributed by atoms with van der Waals surface area (Å²) in [6.07, 6.45) is 0.869. The van der Waals surface area contributed by atoms with Crippen LogP contribution >= 0.6 is 11.3 Å². The molecule has 14 heavy (non-hydrogen) atoms.